The summed E-state index contributed by atoms with van der Waals surface area (Å²) in [6.45, 7) is 9.99. The molecule has 0 spiro atoms. The molecule has 37 heavy (non-hydrogen) atoms. The van der Waals surface area contributed by atoms with Crippen molar-refractivity contribution in [3.05, 3.63) is 70.3 Å². The van der Waals surface area contributed by atoms with Crippen molar-refractivity contribution in [2.75, 3.05) is 26.9 Å². The lowest BCUT2D eigenvalue weighted by Crippen LogP contribution is -2.27. The topological polar surface area (TPSA) is 99.9 Å². The summed E-state index contributed by atoms with van der Waals surface area (Å²) in [5, 5.41) is 9.48. The highest BCUT2D eigenvalue weighted by atomic mass is 16.5. The van der Waals surface area contributed by atoms with Crippen LogP contribution >= 0.6 is 0 Å². The zero-order valence-electron chi connectivity index (χ0n) is 22.2. The van der Waals surface area contributed by atoms with E-state index in [1.807, 2.05) is 56.5 Å². The normalized spacial score (nSPS) is 13.8. The fourth-order valence-corrected chi connectivity index (χ4v) is 4.31. The van der Waals surface area contributed by atoms with Crippen LogP contribution in [0.25, 0.3) is 22.4 Å². The minimum Gasteiger partial charge on any atom is -0.493 e. The number of carboxylic acids is 1. The van der Waals surface area contributed by atoms with Gasteiger partial charge < -0.3 is 23.9 Å². The molecule has 1 aliphatic rings. The number of nitrogens with zero attached hydrogens (tertiary/aromatic N) is 2. The van der Waals surface area contributed by atoms with Gasteiger partial charge in [0.2, 0.25) is 0 Å². The van der Waals surface area contributed by atoms with E-state index in [4.69, 9.17) is 14.2 Å². The molecule has 1 N–H and O–H groups in total. The maximum absolute atomic E-state index is 12.6. The molecule has 8 nitrogen and oxygen atoms in total. The van der Waals surface area contributed by atoms with Gasteiger partial charge in [0.1, 0.15) is 11.3 Å². The zero-order valence-corrected chi connectivity index (χ0v) is 22.2. The molecular formula is C29H36N2O6. The molecule has 198 valence electrons. The maximum atomic E-state index is 12.6. The summed E-state index contributed by atoms with van der Waals surface area (Å²) >= 11 is 0. The van der Waals surface area contributed by atoms with Crippen LogP contribution in [-0.4, -0.2) is 53.7 Å². The minimum absolute atomic E-state index is 0.0443. The van der Waals surface area contributed by atoms with E-state index in [0.29, 0.717) is 32.1 Å². The van der Waals surface area contributed by atoms with Crippen LogP contribution in [0.1, 0.15) is 56.0 Å². The molecule has 1 aromatic carbocycles. The van der Waals surface area contributed by atoms with Crippen LogP contribution < -0.4 is 10.2 Å². The first kappa shape index (κ1) is 28.1. The summed E-state index contributed by atoms with van der Waals surface area (Å²) in [6.07, 6.45) is 5.71. The van der Waals surface area contributed by atoms with Crippen molar-refractivity contribution in [2.45, 2.75) is 52.7 Å². The summed E-state index contributed by atoms with van der Waals surface area (Å²) in [4.78, 5) is 28.5. The van der Waals surface area contributed by atoms with E-state index >= 15 is 0 Å². The average molecular weight is 509 g/mol. The number of methoxy groups -OCH3 is 1. The Balaban J connectivity index is 0.00000186. The Kier molecular flexibility index (Phi) is 10.00. The summed E-state index contributed by atoms with van der Waals surface area (Å²) in [7, 11) is 1.66. The molecule has 3 heterocycles. The van der Waals surface area contributed by atoms with Crippen LogP contribution in [0, 0.1) is 0 Å². The second kappa shape index (κ2) is 13.2. The number of hydrogen-bond acceptors (Lipinski definition) is 6. The molecular weight excluding hydrogens is 472 g/mol. The Morgan fingerprint density at radius 2 is 1.97 bits per heavy atom. The highest BCUT2D eigenvalue weighted by Crippen LogP contribution is 2.43. The van der Waals surface area contributed by atoms with Gasteiger partial charge in [0.05, 0.1) is 25.0 Å². The van der Waals surface area contributed by atoms with Crippen LogP contribution in [0.3, 0.4) is 0 Å². The molecule has 0 amide bonds. The number of ether oxygens (including phenoxy) is 3. The van der Waals surface area contributed by atoms with Gasteiger partial charge in [-0.1, -0.05) is 19.9 Å². The predicted octanol–water partition coefficient (Wildman–Crippen LogP) is 5.24. The number of benzene rings is 1. The standard InChI is InChI=1S/C27H30N2O6.C2H6/c1-17(2)35-16-19-14-29-15-23(27(31)32)25(30)12-24(29)22-10-21(18-6-4-7-28-13-18)26(11-20(19)22)34-9-5-8-33-3;1-2/h4,6-7,10-13,15,17,19H,5,8-9,14,16H2,1-3H3,(H,31,32);1-2H3/t19-;/m1./s1. The zero-order chi connectivity index (χ0) is 26.9. The van der Waals surface area contributed by atoms with Gasteiger partial charge in [-0.15, -0.1) is 0 Å². The monoisotopic (exact) mass is 508 g/mol. The molecule has 2 aromatic heterocycles. The van der Waals surface area contributed by atoms with E-state index in [-0.39, 0.29) is 17.6 Å². The number of fused-ring (bicyclic) bond motifs is 3. The number of carbonyl (C=O) groups is 1. The summed E-state index contributed by atoms with van der Waals surface area (Å²) < 4.78 is 19.2. The summed E-state index contributed by atoms with van der Waals surface area (Å²) in [5.74, 6) is -0.560. The quantitative estimate of drug-likeness (QED) is 0.374. The summed E-state index contributed by atoms with van der Waals surface area (Å²) in [5.41, 5.74) is 3.50. The van der Waals surface area contributed by atoms with E-state index in [9.17, 15) is 14.7 Å². The van der Waals surface area contributed by atoms with E-state index in [1.165, 1.54) is 12.3 Å². The molecule has 8 heteroatoms. The Bertz CT molecular complexity index is 1250. The molecule has 0 saturated carbocycles. The van der Waals surface area contributed by atoms with Gasteiger partial charge in [0, 0.05) is 73.9 Å². The highest BCUT2D eigenvalue weighted by molar-refractivity contribution is 5.88. The Morgan fingerprint density at radius 1 is 1.19 bits per heavy atom. The first-order valence-electron chi connectivity index (χ1n) is 12.7. The van der Waals surface area contributed by atoms with E-state index in [0.717, 1.165) is 34.4 Å². The largest absolute Gasteiger partial charge is 0.493 e. The van der Waals surface area contributed by atoms with Gasteiger partial charge in [0.15, 0.2) is 5.43 Å². The molecule has 0 fully saturated rings. The molecule has 0 aliphatic carbocycles. The second-order valence-electron chi connectivity index (χ2n) is 8.85. The van der Waals surface area contributed by atoms with Crippen LogP contribution in [0.2, 0.25) is 0 Å². The maximum Gasteiger partial charge on any atom is 0.341 e. The van der Waals surface area contributed by atoms with Gasteiger partial charge in [-0.2, -0.15) is 0 Å². The first-order valence-corrected chi connectivity index (χ1v) is 12.7. The predicted molar refractivity (Wildman–Crippen MR) is 143 cm³/mol. The molecule has 0 radical (unpaired) electrons. The van der Waals surface area contributed by atoms with Crippen LogP contribution in [0.15, 0.2) is 53.7 Å². The fourth-order valence-electron chi connectivity index (χ4n) is 4.31. The Morgan fingerprint density at radius 3 is 2.62 bits per heavy atom. The highest BCUT2D eigenvalue weighted by Gasteiger charge is 2.28. The SMILES string of the molecule is CC.COCCCOc1cc2c(cc1-c1cccnc1)-c1cc(=O)c(C(=O)O)cn1C[C@@H]2COC(C)C. The lowest BCUT2D eigenvalue weighted by molar-refractivity contribution is 0.0636. The molecule has 1 atom stereocenters. The first-order chi connectivity index (χ1) is 17.9. The second-order valence-corrected chi connectivity index (χ2v) is 8.85. The van der Waals surface area contributed by atoms with Crippen molar-refractivity contribution < 1.29 is 24.1 Å². The number of rotatable bonds is 10. The van der Waals surface area contributed by atoms with Crippen LogP contribution in [0.5, 0.6) is 5.75 Å². The average Bonchev–Trinajstić information content (AvgIpc) is 2.90. The molecule has 0 bridgehead atoms. The summed E-state index contributed by atoms with van der Waals surface area (Å²) in [6, 6.07) is 9.26. The van der Waals surface area contributed by atoms with Crippen LogP contribution in [0.4, 0.5) is 0 Å². The molecule has 0 saturated heterocycles. The Labute approximate surface area is 217 Å². The molecule has 1 aliphatic heterocycles. The number of hydrogen-bond donors (Lipinski definition) is 1. The third kappa shape index (κ3) is 6.64. The van der Waals surface area contributed by atoms with Gasteiger partial charge >= 0.3 is 5.97 Å². The Hall–Kier alpha value is -3.49. The van der Waals surface area contributed by atoms with Crippen molar-refractivity contribution in [3.8, 4) is 28.1 Å². The molecule has 4 rings (SSSR count). The number of aromatic nitrogens is 2. The van der Waals surface area contributed by atoms with Crippen molar-refractivity contribution in [1.82, 2.24) is 9.55 Å². The van der Waals surface area contributed by atoms with Gasteiger partial charge in [0.25, 0.3) is 0 Å². The van der Waals surface area contributed by atoms with Crippen LogP contribution in [-0.2, 0) is 16.0 Å². The fraction of sp³-hybridized carbons (Fsp3) is 0.414. The van der Waals surface area contributed by atoms with E-state index in [2.05, 4.69) is 4.98 Å². The minimum atomic E-state index is -1.23. The van der Waals surface area contributed by atoms with Gasteiger partial charge in [-0.25, -0.2) is 4.79 Å². The molecule has 0 unspecified atom stereocenters. The van der Waals surface area contributed by atoms with E-state index in [1.54, 1.807) is 19.5 Å². The van der Waals surface area contributed by atoms with Crippen molar-refractivity contribution >= 4 is 5.97 Å². The third-order valence-electron chi connectivity index (χ3n) is 6.00. The molecule has 3 aromatic rings. The van der Waals surface area contributed by atoms with Crippen molar-refractivity contribution in [2.24, 2.45) is 0 Å². The third-order valence-corrected chi connectivity index (χ3v) is 6.00. The number of pyridine rings is 2. The van der Waals surface area contributed by atoms with Gasteiger partial charge in [-0.05, 0) is 37.6 Å². The lowest BCUT2D eigenvalue weighted by atomic mass is 9.86. The van der Waals surface area contributed by atoms with Crippen molar-refractivity contribution in [1.29, 1.82) is 0 Å². The smallest absolute Gasteiger partial charge is 0.341 e. The van der Waals surface area contributed by atoms with Gasteiger partial charge in [-0.3, -0.25) is 9.78 Å². The number of aromatic carboxylic acids is 1. The lowest BCUT2D eigenvalue weighted by Gasteiger charge is -2.31. The van der Waals surface area contributed by atoms with E-state index < -0.39 is 11.4 Å². The van der Waals surface area contributed by atoms with Crippen molar-refractivity contribution in [3.63, 3.8) is 0 Å². The number of carboxylic acid groups (broad SMARTS) is 1.